The molecule has 3 heterocycles. The van der Waals surface area contributed by atoms with Gasteiger partial charge in [0.1, 0.15) is 11.5 Å². The van der Waals surface area contributed by atoms with Crippen LogP contribution in [0.2, 0.25) is 0 Å². The third-order valence-electron chi connectivity index (χ3n) is 5.40. The molecule has 29 heavy (non-hydrogen) atoms. The minimum Gasteiger partial charge on any atom is -0.480 e. The van der Waals surface area contributed by atoms with Gasteiger partial charge >= 0.3 is 5.97 Å². The number of carboxylic acids is 1. The summed E-state index contributed by atoms with van der Waals surface area (Å²) in [5, 5.41) is 9.55. The first-order chi connectivity index (χ1) is 13.9. The van der Waals surface area contributed by atoms with Crippen molar-refractivity contribution in [3.63, 3.8) is 0 Å². The molecule has 1 unspecified atom stereocenters. The van der Waals surface area contributed by atoms with E-state index in [1.54, 1.807) is 11.0 Å². The summed E-state index contributed by atoms with van der Waals surface area (Å²) in [6.45, 7) is 0.340. The maximum atomic E-state index is 13.4. The van der Waals surface area contributed by atoms with Gasteiger partial charge < -0.3 is 19.2 Å². The number of rotatable bonds is 3. The van der Waals surface area contributed by atoms with E-state index in [1.807, 2.05) is 0 Å². The molecule has 152 valence electrons. The molecule has 2 amide bonds. The van der Waals surface area contributed by atoms with Crippen LogP contribution in [0.4, 0.5) is 4.39 Å². The Kier molecular flexibility index (Phi) is 4.83. The highest BCUT2D eigenvalue weighted by Crippen LogP contribution is 2.38. The zero-order valence-electron chi connectivity index (χ0n) is 15.4. The first-order valence-corrected chi connectivity index (χ1v) is 9.20. The molecular weight excluding hydrogens is 383 g/mol. The highest BCUT2D eigenvalue weighted by Gasteiger charge is 2.54. The molecule has 2 aliphatic heterocycles. The molecule has 0 radical (unpaired) electrons. The number of aliphatic carboxylic acids is 1. The van der Waals surface area contributed by atoms with Crippen LogP contribution < -0.4 is 0 Å². The SMILES string of the molecule is O=C(O)C1COC2(CCN(C(=O)c3cccc(F)c3)CC2)N1C(=O)c1ccco1. The molecule has 0 saturated carbocycles. The number of carbonyl (C=O) groups excluding carboxylic acids is 2. The summed E-state index contributed by atoms with van der Waals surface area (Å²) in [7, 11) is 0. The monoisotopic (exact) mass is 402 g/mol. The van der Waals surface area contributed by atoms with Crippen molar-refractivity contribution in [1.82, 2.24) is 9.80 Å². The molecule has 2 aliphatic rings. The van der Waals surface area contributed by atoms with Gasteiger partial charge in [-0.25, -0.2) is 9.18 Å². The van der Waals surface area contributed by atoms with Crippen LogP contribution in [0, 0.1) is 5.82 Å². The molecule has 2 aromatic rings. The minimum atomic E-state index is -1.17. The standard InChI is InChI=1S/C20H19FN2O6/c21-14-4-1-3-13(11-14)17(24)22-8-6-20(7-9-22)23(15(12-29-20)19(26)27)18(25)16-5-2-10-28-16/h1-5,10-11,15H,6-9,12H2,(H,26,27). The summed E-state index contributed by atoms with van der Waals surface area (Å²) in [4.78, 5) is 40.1. The van der Waals surface area contributed by atoms with Gasteiger partial charge in [-0.3, -0.25) is 14.5 Å². The Balaban J connectivity index is 1.54. The van der Waals surface area contributed by atoms with Gasteiger partial charge in [0.05, 0.1) is 12.9 Å². The van der Waals surface area contributed by atoms with E-state index in [0.717, 1.165) is 0 Å². The van der Waals surface area contributed by atoms with E-state index in [0.29, 0.717) is 0 Å². The number of likely N-dealkylation sites (tertiary alicyclic amines) is 1. The summed E-state index contributed by atoms with van der Waals surface area (Å²) < 4.78 is 24.4. The van der Waals surface area contributed by atoms with E-state index in [-0.39, 0.29) is 49.8 Å². The summed E-state index contributed by atoms with van der Waals surface area (Å²) >= 11 is 0. The molecule has 0 bridgehead atoms. The van der Waals surface area contributed by atoms with Crippen molar-refractivity contribution >= 4 is 17.8 Å². The van der Waals surface area contributed by atoms with E-state index in [4.69, 9.17) is 9.15 Å². The van der Waals surface area contributed by atoms with Crippen LogP contribution in [0.3, 0.4) is 0 Å². The Labute approximate surface area is 165 Å². The quantitative estimate of drug-likeness (QED) is 0.843. The molecule has 1 N–H and O–H groups in total. The van der Waals surface area contributed by atoms with E-state index in [1.165, 1.54) is 41.5 Å². The second kappa shape index (κ2) is 7.32. The van der Waals surface area contributed by atoms with Crippen molar-refractivity contribution in [2.24, 2.45) is 0 Å². The maximum absolute atomic E-state index is 13.4. The molecular formula is C20H19FN2O6. The number of hydrogen-bond acceptors (Lipinski definition) is 5. The van der Waals surface area contributed by atoms with Crippen molar-refractivity contribution in [3.8, 4) is 0 Å². The summed E-state index contributed by atoms with van der Waals surface area (Å²) in [5.74, 6) is -2.52. The van der Waals surface area contributed by atoms with E-state index < -0.39 is 29.5 Å². The predicted octanol–water partition coefficient (Wildman–Crippen LogP) is 1.98. The fourth-order valence-electron chi connectivity index (χ4n) is 3.94. The Morgan fingerprint density at radius 1 is 1.10 bits per heavy atom. The normalized spacial score (nSPS) is 20.8. The Morgan fingerprint density at radius 3 is 2.48 bits per heavy atom. The highest BCUT2D eigenvalue weighted by molar-refractivity contribution is 5.96. The van der Waals surface area contributed by atoms with Crippen LogP contribution in [-0.4, -0.2) is 64.2 Å². The first-order valence-electron chi connectivity index (χ1n) is 9.20. The molecule has 2 saturated heterocycles. The molecule has 1 aromatic carbocycles. The van der Waals surface area contributed by atoms with Gasteiger partial charge in [-0.05, 0) is 30.3 Å². The van der Waals surface area contributed by atoms with E-state index >= 15 is 0 Å². The average molecular weight is 402 g/mol. The summed E-state index contributed by atoms with van der Waals surface area (Å²) in [6, 6.07) is 7.32. The second-order valence-electron chi connectivity index (χ2n) is 7.07. The molecule has 9 heteroatoms. The Bertz CT molecular complexity index is 936. The number of halogens is 1. The van der Waals surface area contributed by atoms with E-state index in [9.17, 15) is 23.9 Å². The number of benzene rings is 1. The Morgan fingerprint density at radius 2 is 1.86 bits per heavy atom. The van der Waals surface area contributed by atoms with Crippen molar-refractivity contribution in [2.45, 2.75) is 24.6 Å². The lowest BCUT2D eigenvalue weighted by molar-refractivity contribution is -0.143. The van der Waals surface area contributed by atoms with Crippen LogP contribution in [0.25, 0.3) is 0 Å². The number of carboxylic acid groups (broad SMARTS) is 1. The van der Waals surface area contributed by atoms with Gasteiger partial charge in [0.2, 0.25) is 0 Å². The molecule has 1 spiro atoms. The predicted molar refractivity (Wildman–Crippen MR) is 96.5 cm³/mol. The topological polar surface area (TPSA) is 100 Å². The van der Waals surface area contributed by atoms with Gasteiger partial charge in [0.15, 0.2) is 11.8 Å². The highest BCUT2D eigenvalue weighted by atomic mass is 19.1. The van der Waals surface area contributed by atoms with Gasteiger partial charge in [-0.2, -0.15) is 0 Å². The summed E-state index contributed by atoms with van der Waals surface area (Å²) in [6.07, 6.45) is 1.82. The third-order valence-corrected chi connectivity index (χ3v) is 5.40. The third kappa shape index (κ3) is 3.38. The number of amides is 2. The van der Waals surface area contributed by atoms with Crippen molar-refractivity contribution in [2.75, 3.05) is 19.7 Å². The first kappa shape index (κ1) is 19.1. The summed E-state index contributed by atoms with van der Waals surface area (Å²) in [5.41, 5.74) is -0.897. The van der Waals surface area contributed by atoms with Crippen LogP contribution in [0.5, 0.6) is 0 Å². The number of hydrogen-bond donors (Lipinski definition) is 1. The lowest BCUT2D eigenvalue weighted by Gasteiger charge is -2.43. The van der Waals surface area contributed by atoms with Crippen molar-refractivity contribution in [3.05, 3.63) is 59.8 Å². The molecule has 1 atom stereocenters. The van der Waals surface area contributed by atoms with Crippen LogP contribution >= 0.6 is 0 Å². The number of furan rings is 1. The van der Waals surface area contributed by atoms with Crippen molar-refractivity contribution in [1.29, 1.82) is 0 Å². The molecule has 0 aliphatic carbocycles. The van der Waals surface area contributed by atoms with Crippen LogP contribution in [0.1, 0.15) is 33.8 Å². The van der Waals surface area contributed by atoms with Crippen molar-refractivity contribution < 1.29 is 33.0 Å². The van der Waals surface area contributed by atoms with Gasteiger partial charge in [0, 0.05) is 31.5 Å². The Hall–Kier alpha value is -3.20. The molecule has 4 rings (SSSR count). The van der Waals surface area contributed by atoms with Gasteiger partial charge in [-0.15, -0.1) is 0 Å². The molecule has 2 fully saturated rings. The average Bonchev–Trinajstić information content (AvgIpc) is 3.36. The lowest BCUT2D eigenvalue weighted by atomic mass is 9.96. The van der Waals surface area contributed by atoms with Gasteiger partial charge in [-0.1, -0.05) is 6.07 Å². The fourth-order valence-corrected chi connectivity index (χ4v) is 3.94. The number of carbonyl (C=O) groups is 3. The maximum Gasteiger partial charge on any atom is 0.328 e. The smallest absolute Gasteiger partial charge is 0.328 e. The lowest BCUT2D eigenvalue weighted by Crippen LogP contribution is -2.58. The zero-order chi connectivity index (χ0) is 20.6. The zero-order valence-corrected chi connectivity index (χ0v) is 15.4. The number of ether oxygens (including phenoxy) is 1. The second-order valence-corrected chi connectivity index (χ2v) is 7.07. The largest absolute Gasteiger partial charge is 0.480 e. The molecule has 1 aromatic heterocycles. The van der Waals surface area contributed by atoms with Gasteiger partial charge in [0.25, 0.3) is 11.8 Å². The minimum absolute atomic E-state index is 0.0272. The fraction of sp³-hybridized carbons (Fsp3) is 0.350. The molecule has 8 nitrogen and oxygen atoms in total. The van der Waals surface area contributed by atoms with Crippen LogP contribution in [0.15, 0.2) is 47.1 Å². The number of nitrogens with zero attached hydrogens (tertiary/aromatic N) is 2. The van der Waals surface area contributed by atoms with Crippen LogP contribution in [-0.2, 0) is 9.53 Å². The van der Waals surface area contributed by atoms with E-state index in [2.05, 4.69) is 0 Å². The number of piperidine rings is 1.